The molecule has 0 aromatic rings. The first kappa shape index (κ1) is 13.3. The lowest BCUT2D eigenvalue weighted by atomic mass is 10.0. The highest BCUT2D eigenvalue weighted by Crippen LogP contribution is 2.23. The number of nitrogens with one attached hydrogen (secondary N) is 2. The molecule has 1 saturated carbocycles. The van der Waals surface area contributed by atoms with E-state index in [0.29, 0.717) is 18.6 Å². The maximum Gasteiger partial charge on any atom is 0.353 e. The molecule has 1 aliphatic carbocycles. The van der Waals surface area contributed by atoms with Gasteiger partial charge in [0.1, 0.15) is 0 Å². The van der Waals surface area contributed by atoms with Crippen molar-refractivity contribution in [3.8, 4) is 0 Å². The van der Waals surface area contributed by atoms with Gasteiger partial charge in [-0.3, -0.25) is 0 Å². The summed E-state index contributed by atoms with van der Waals surface area (Å²) in [5.41, 5.74) is 2.91. The van der Waals surface area contributed by atoms with E-state index in [4.69, 9.17) is 0 Å². The van der Waals surface area contributed by atoms with Crippen LogP contribution >= 0.6 is 0 Å². The van der Waals surface area contributed by atoms with Gasteiger partial charge in [0.05, 0.1) is 17.5 Å². The number of rotatable bonds is 3. The Morgan fingerprint density at radius 1 is 1.33 bits per heavy atom. The fourth-order valence-corrected chi connectivity index (χ4v) is 3.77. The minimum absolute atomic E-state index is 0.178. The number of carbonyl (C=O) groups is 1. The maximum absolute atomic E-state index is 12.1. The normalized spacial score (nSPS) is 22.6. The Morgan fingerprint density at radius 3 is 2.67 bits per heavy atom. The Kier molecular flexibility index (Phi) is 3.86. The van der Waals surface area contributed by atoms with Gasteiger partial charge in [0, 0.05) is 0 Å². The number of hydrazine groups is 1. The second-order valence-corrected chi connectivity index (χ2v) is 6.69. The summed E-state index contributed by atoms with van der Waals surface area (Å²) >= 11 is 0. The number of hydrazone groups is 1. The van der Waals surface area contributed by atoms with E-state index in [0.717, 1.165) is 24.3 Å². The largest absolute Gasteiger partial charge is 0.353 e. The summed E-state index contributed by atoms with van der Waals surface area (Å²) in [5.74, 6) is 0. The standard InChI is InChI=1S/C10H18N4O3S/c1-8-7-14(10(15)12-11-8)13-18(16,17)9-5-3-2-4-6-9/h9,13H,2-7H2,1H3,(H,12,15). The lowest BCUT2D eigenvalue weighted by Crippen LogP contribution is -2.56. The molecule has 102 valence electrons. The zero-order valence-corrected chi connectivity index (χ0v) is 11.2. The minimum atomic E-state index is -3.48. The molecule has 2 aliphatic rings. The van der Waals surface area contributed by atoms with E-state index in [9.17, 15) is 13.2 Å². The Bertz CT molecular complexity index is 454. The third-order valence-corrected chi connectivity index (χ3v) is 5.03. The molecule has 0 bridgehead atoms. The quantitative estimate of drug-likeness (QED) is 0.787. The summed E-state index contributed by atoms with van der Waals surface area (Å²) in [4.78, 5) is 13.8. The Balaban J connectivity index is 2.03. The van der Waals surface area contributed by atoms with E-state index >= 15 is 0 Å². The molecule has 0 aromatic carbocycles. The van der Waals surface area contributed by atoms with Crippen molar-refractivity contribution in [1.82, 2.24) is 15.3 Å². The molecule has 2 N–H and O–H groups in total. The van der Waals surface area contributed by atoms with Crippen molar-refractivity contribution in [3.63, 3.8) is 0 Å². The van der Waals surface area contributed by atoms with Crippen LogP contribution in [0.4, 0.5) is 4.79 Å². The van der Waals surface area contributed by atoms with Crippen LogP contribution in [0.25, 0.3) is 0 Å². The predicted octanol–water partition coefficient (Wildman–Crippen LogP) is 0.555. The smallest absolute Gasteiger partial charge is 0.245 e. The molecular weight excluding hydrogens is 256 g/mol. The molecule has 0 saturated heterocycles. The summed E-state index contributed by atoms with van der Waals surface area (Å²) in [7, 11) is -3.48. The lowest BCUT2D eigenvalue weighted by Gasteiger charge is -2.29. The fourth-order valence-electron chi connectivity index (χ4n) is 2.22. The summed E-state index contributed by atoms with van der Waals surface area (Å²) < 4.78 is 24.3. The molecule has 1 heterocycles. The Morgan fingerprint density at radius 2 is 2.00 bits per heavy atom. The van der Waals surface area contributed by atoms with Crippen molar-refractivity contribution < 1.29 is 13.2 Å². The third kappa shape index (κ3) is 2.99. The molecule has 0 unspecified atom stereocenters. The van der Waals surface area contributed by atoms with Crippen molar-refractivity contribution in [2.45, 2.75) is 44.3 Å². The van der Waals surface area contributed by atoms with Crippen molar-refractivity contribution in [1.29, 1.82) is 0 Å². The monoisotopic (exact) mass is 274 g/mol. The van der Waals surface area contributed by atoms with Crippen LogP contribution < -0.4 is 10.3 Å². The summed E-state index contributed by atoms with van der Waals surface area (Å²) in [6, 6.07) is -0.542. The van der Waals surface area contributed by atoms with E-state index in [2.05, 4.69) is 15.4 Å². The molecule has 1 aliphatic heterocycles. The van der Waals surface area contributed by atoms with Crippen molar-refractivity contribution >= 4 is 21.8 Å². The zero-order chi connectivity index (χ0) is 13.2. The number of urea groups is 1. The van der Waals surface area contributed by atoms with Crippen LogP contribution in [-0.4, -0.2) is 37.0 Å². The molecule has 7 nitrogen and oxygen atoms in total. The van der Waals surface area contributed by atoms with Gasteiger partial charge in [-0.25, -0.2) is 23.6 Å². The molecular formula is C10H18N4O3S. The number of carbonyl (C=O) groups excluding carboxylic acids is 1. The van der Waals surface area contributed by atoms with E-state index in [1.807, 2.05) is 0 Å². The second kappa shape index (κ2) is 5.23. The van der Waals surface area contributed by atoms with Crippen LogP contribution in [0.2, 0.25) is 0 Å². The Labute approximate surface area is 107 Å². The van der Waals surface area contributed by atoms with Gasteiger partial charge in [0.15, 0.2) is 0 Å². The van der Waals surface area contributed by atoms with E-state index in [1.165, 1.54) is 0 Å². The minimum Gasteiger partial charge on any atom is -0.245 e. The molecule has 8 heteroatoms. The molecule has 0 radical (unpaired) electrons. The summed E-state index contributed by atoms with van der Waals surface area (Å²) in [5, 5.41) is 4.42. The van der Waals surface area contributed by atoms with Gasteiger partial charge in [-0.2, -0.15) is 5.10 Å². The molecule has 0 spiro atoms. The highest BCUT2D eigenvalue weighted by molar-refractivity contribution is 7.90. The van der Waals surface area contributed by atoms with Crippen molar-refractivity contribution in [2.24, 2.45) is 5.10 Å². The second-order valence-electron chi connectivity index (χ2n) is 4.75. The van der Waals surface area contributed by atoms with Crippen LogP contribution in [0.5, 0.6) is 0 Å². The zero-order valence-electron chi connectivity index (χ0n) is 10.3. The van der Waals surface area contributed by atoms with E-state index < -0.39 is 21.3 Å². The van der Waals surface area contributed by atoms with E-state index in [-0.39, 0.29) is 6.54 Å². The van der Waals surface area contributed by atoms with Crippen LogP contribution in [0.1, 0.15) is 39.0 Å². The van der Waals surface area contributed by atoms with Gasteiger partial charge in [-0.1, -0.05) is 19.3 Å². The van der Waals surface area contributed by atoms with Crippen LogP contribution in [0.3, 0.4) is 0 Å². The number of amides is 2. The number of hydrogen-bond acceptors (Lipinski definition) is 4. The lowest BCUT2D eigenvalue weighted by molar-refractivity contribution is 0.193. The molecule has 18 heavy (non-hydrogen) atoms. The highest BCUT2D eigenvalue weighted by Gasteiger charge is 2.31. The van der Waals surface area contributed by atoms with Gasteiger partial charge in [0.25, 0.3) is 0 Å². The van der Waals surface area contributed by atoms with Crippen LogP contribution in [0.15, 0.2) is 5.10 Å². The van der Waals surface area contributed by atoms with Crippen LogP contribution in [0, 0.1) is 0 Å². The average Bonchev–Trinajstić information content (AvgIpc) is 2.35. The topological polar surface area (TPSA) is 90.9 Å². The molecule has 2 rings (SSSR count). The highest BCUT2D eigenvalue weighted by atomic mass is 32.2. The number of sulfonamides is 1. The summed E-state index contributed by atoms with van der Waals surface area (Å²) in [6.07, 6.45) is 4.27. The SMILES string of the molecule is CC1=NNC(=O)N(NS(=O)(=O)C2CCCCC2)C1. The van der Waals surface area contributed by atoms with Gasteiger partial charge in [-0.15, -0.1) is 4.83 Å². The summed E-state index contributed by atoms with van der Waals surface area (Å²) in [6.45, 7) is 1.90. The first-order valence-electron chi connectivity index (χ1n) is 6.11. The molecule has 0 aromatic heterocycles. The van der Waals surface area contributed by atoms with Gasteiger partial charge in [0.2, 0.25) is 10.0 Å². The first-order valence-corrected chi connectivity index (χ1v) is 7.65. The number of nitrogens with zero attached hydrogens (tertiary/aromatic N) is 2. The molecule has 2 amide bonds. The van der Waals surface area contributed by atoms with Crippen LogP contribution in [-0.2, 0) is 10.0 Å². The van der Waals surface area contributed by atoms with Gasteiger partial charge in [-0.05, 0) is 19.8 Å². The Hall–Kier alpha value is -1.15. The fraction of sp³-hybridized carbons (Fsp3) is 0.800. The molecule has 0 atom stereocenters. The first-order chi connectivity index (χ1) is 8.49. The number of hydrogen-bond donors (Lipinski definition) is 2. The average molecular weight is 274 g/mol. The van der Waals surface area contributed by atoms with E-state index in [1.54, 1.807) is 6.92 Å². The molecule has 1 fully saturated rings. The predicted molar refractivity (Wildman–Crippen MR) is 67.3 cm³/mol. The maximum atomic E-state index is 12.1. The third-order valence-electron chi connectivity index (χ3n) is 3.20. The van der Waals surface area contributed by atoms with Gasteiger partial charge < -0.3 is 0 Å². The van der Waals surface area contributed by atoms with Crippen molar-refractivity contribution in [2.75, 3.05) is 6.54 Å². The van der Waals surface area contributed by atoms with Crippen molar-refractivity contribution in [3.05, 3.63) is 0 Å². The van der Waals surface area contributed by atoms with Gasteiger partial charge >= 0.3 is 6.03 Å².